The number of rotatable bonds is 3. The van der Waals surface area contributed by atoms with Gasteiger partial charge in [0, 0.05) is 5.02 Å². The molecule has 0 aromatic heterocycles. The van der Waals surface area contributed by atoms with Gasteiger partial charge in [0.25, 0.3) is 0 Å². The van der Waals surface area contributed by atoms with E-state index in [0.717, 1.165) is 24.9 Å². The summed E-state index contributed by atoms with van der Waals surface area (Å²) in [5, 5.41) is 3.91. The van der Waals surface area contributed by atoms with E-state index < -0.39 is 0 Å². The van der Waals surface area contributed by atoms with Crippen LogP contribution in [0.1, 0.15) is 32.3 Å². The maximum absolute atomic E-state index is 12.2. The SMILES string of the molecule is CC1(C)CCCNC1C(=O)OCc1cccc(Cl)c1. The largest absolute Gasteiger partial charge is 0.460 e. The van der Waals surface area contributed by atoms with Crippen molar-refractivity contribution in [3.63, 3.8) is 0 Å². The van der Waals surface area contributed by atoms with Crippen LogP contribution in [0.4, 0.5) is 0 Å². The molecule has 1 saturated heterocycles. The smallest absolute Gasteiger partial charge is 0.324 e. The Morgan fingerprint density at radius 1 is 1.53 bits per heavy atom. The van der Waals surface area contributed by atoms with Gasteiger partial charge in [-0.3, -0.25) is 4.79 Å². The van der Waals surface area contributed by atoms with Crippen LogP contribution in [0.25, 0.3) is 0 Å². The average Bonchev–Trinajstić information content (AvgIpc) is 2.35. The number of hydrogen-bond donors (Lipinski definition) is 1. The molecule has 1 atom stereocenters. The molecule has 1 fully saturated rings. The summed E-state index contributed by atoms with van der Waals surface area (Å²) in [7, 11) is 0. The summed E-state index contributed by atoms with van der Waals surface area (Å²) in [6, 6.07) is 7.15. The van der Waals surface area contributed by atoms with E-state index >= 15 is 0 Å². The molecular weight excluding hydrogens is 262 g/mol. The molecule has 0 saturated carbocycles. The first-order valence-electron chi connectivity index (χ1n) is 6.63. The fraction of sp³-hybridized carbons (Fsp3) is 0.533. The fourth-order valence-corrected chi connectivity index (χ4v) is 2.69. The molecule has 2 rings (SSSR count). The summed E-state index contributed by atoms with van der Waals surface area (Å²) in [5.74, 6) is -0.176. The molecule has 1 unspecified atom stereocenters. The van der Waals surface area contributed by atoms with E-state index in [2.05, 4.69) is 19.2 Å². The lowest BCUT2D eigenvalue weighted by Gasteiger charge is -2.37. The summed E-state index contributed by atoms with van der Waals surface area (Å²) in [6.07, 6.45) is 2.14. The number of halogens is 1. The van der Waals surface area contributed by atoms with E-state index in [-0.39, 0.29) is 24.0 Å². The Kier molecular flexibility index (Phi) is 4.48. The van der Waals surface area contributed by atoms with Crippen LogP contribution in [-0.4, -0.2) is 18.6 Å². The molecule has 0 bridgehead atoms. The first-order valence-corrected chi connectivity index (χ1v) is 7.01. The lowest BCUT2D eigenvalue weighted by Crippen LogP contribution is -2.52. The summed E-state index contributed by atoms with van der Waals surface area (Å²) < 4.78 is 5.40. The van der Waals surface area contributed by atoms with Gasteiger partial charge in [-0.15, -0.1) is 0 Å². The van der Waals surface area contributed by atoms with Crippen molar-refractivity contribution in [3.8, 4) is 0 Å². The topological polar surface area (TPSA) is 38.3 Å². The first kappa shape index (κ1) is 14.4. The summed E-state index contributed by atoms with van der Waals surface area (Å²) in [6.45, 7) is 5.35. The van der Waals surface area contributed by atoms with Gasteiger partial charge in [0.1, 0.15) is 12.6 Å². The van der Waals surface area contributed by atoms with Crippen LogP contribution in [-0.2, 0) is 16.1 Å². The van der Waals surface area contributed by atoms with Crippen molar-refractivity contribution < 1.29 is 9.53 Å². The molecule has 1 aromatic carbocycles. The third-order valence-electron chi connectivity index (χ3n) is 3.63. The highest BCUT2D eigenvalue weighted by atomic mass is 35.5. The van der Waals surface area contributed by atoms with Gasteiger partial charge in [-0.1, -0.05) is 37.6 Å². The highest BCUT2D eigenvalue weighted by molar-refractivity contribution is 6.30. The first-order chi connectivity index (χ1) is 8.99. The molecule has 104 valence electrons. The highest BCUT2D eigenvalue weighted by Crippen LogP contribution is 2.30. The summed E-state index contributed by atoms with van der Waals surface area (Å²) in [4.78, 5) is 12.2. The van der Waals surface area contributed by atoms with Crippen LogP contribution in [0.5, 0.6) is 0 Å². The lowest BCUT2D eigenvalue weighted by molar-refractivity contribution is -0.151. The Bertz CT molecular complexity index is 459. The predicted molar refractivity (Wildman–Crippen MR) is 76.1 cm³/mol. The number of hydrogen-bond acceptors (Lipinski definition) is 3. The van der Waals surface area contributed by atoms with Crippen molar-refractivity contribution >= 4 is 17.6 Å². The van der Waals surface area contributed by atoms with Crippen molar-refractivity contribution in [2.45, 2.75) is 39.3 Å². The number of ether oxygens (including phenoxy) is 1. The van der Waals surface area contributed by atoms with E-state index in [1.807, 2.05) is 18.2 Å². The van der Waals surface area contributed by atoms with Crippen LogP contribution >= 0.6 is 11.6 Å². The number of carbonyl (C=O) groups is 1. The van der Waals surface area contributed by atoms with E-state index in [1.165, 1.54) is 0 Å². The number of piperidine rings is 1. The Labute approximate surface area is 119 Å². The van der Waals surface area contributed by atoms with Gasteiger partial charge >= 0.3 is 5.97 Å². The van der Waals surface area contributed by atoms with Crippen LogP contribution in [0.2, 0.25) is 5.02 Å². The second-order valence-electron chi connectivity index (χ2n) is 5.72. The molecule has 1 aliphatic heterocycles. The molecule has 1 N–H and O–H groups in total. The zero-order valence-electron chi connectivity index (χ0n) is 11.4. The minimum absolute atomic E-state index is 0.0519. The molecule has 4 heteroatoms. The predicted octanol–water partition coefficient (Wildman–Crippen LogP) is 3.16. The Hall–Kier alpha value is -1.06. The minimum Gasteiger partial charge on any atom is -0.460 e. The van der Waals surface area contributed by atoms with Crippen molar-refractivity contribution in [1.82, 2.24) is 5.32 Å². The molecule has 0 radical (unpaired) electrons. The third-order valence-corrected chi connectivity index (χ3v) is 3.87. The molecule has 0 aliphatic carbocycles. The van der Waals surface area contributed by atoms with Gasteiger partial charge in [0.05, 0.1) is 0 Å². The lowest BCUT2D eigenvalue weighted by atomic mass is 9.77. The van der Waals surface area contributed by atoms with Gasteiger partial charge in [-0.2, -0.15) is 0 Å². The molecule has 1 aromatic rings. The summed E-state index contributed by atoms with van der Waals surface area (Å²) in [5.41, 5.74) is 0.860. The average molecular weight is 282 g/mol. The monoisotopic (exact) mass is 281 g/mol. The van der Waals surface area contributed by atoms with Crippen molar-refractivity contribution in [3.05, 3.63) is 34.9 Å². The van der Waals surface area contributed by atoms with Crippen molar-refractivity contribution in [2.75, 3.05) is 6.54 Å². The van der Waals surface area contributed by atoms with Crippen LogP contribution in [0.15, 0.2) is 24.3 Å². The van der Waals surface area contributed by atoms with E-state index in [4.69, 9.17) is 16.3 Å². The van der Waals surface area contributed by atoms with Gasteiger partial charge < -0.3 is 10.1 Å². The minimum atomic E-state index is -0.222. The van der Waals surface area contributed by atoms with Gasteiger partial charge in [-0.05, 0) is 42.5 Å². The number of benzene rings is 1. The number of nitrogens with one attached hydrogen (secondary N) is 1. The molecular formula is C15H20ClNO2. The zero-order chi connectivity index (χ0) is 13.9. The number of carbonyl (C=O) groups excluding carboxylic acids is 1. The van der Waals surface area contributed by atoms with Crippen molar-refractivity contribution in [1.29, 1.82) is 0 Å². The van der Waals surface area contributed by atoms with E-state index in [1.54, 1.807) is 6.07 Å². The van der Waals surface area contributed by atoms with Crippen LogP contribution in [0, 0.1) is 5.41 Å². The summed E-state index contributed by atoms with van der Waals surface area (Å²) >= 11 is 5.90. The van der Waals surface area contributed by atoms with Gasteiger partial charge in [-0.25, -0.2) is 0 Å². The normalized spacial score (nSPS) is 21.9. The molecule has 1 heterocycles. The Balaban J connectivity index is 1.94. The second-order valence-corrected chi connectivity index (χ2v) is 6.15. The molecule has 0 amide bonds. The maximum atomic E-state index is 12.2. The van der Waals surface area contributed by atoms with Crippen LogP contribution in [0.3, 0.4) is 0 Å². The standard InChI is InChI=1S/C15H20ClNO2/c1-15(2)7-4-8-17-13(15)14(18)19-10-11-5-3-6-12(16)9-11/h3,5-6,9,13,17H,4,7-8,10H2,1-2H3. The second kappa shape index (κ2) is 5.93. The van der Waals surface area contributed by atoms with E-state index in [0.29, 0.717) is 5.02 Å². The maximum Gasteiger partial charge on any atom is 0.324 e. The zero-order valence-corrected chi connectivity index (χ0v) is 12.2. The third kappa shape index (κ3) is 3.71. The van der Waals surface area contributed by atoms with Gasteiger partial charge in [0.2, 0.25) is 0 Å². The number of esters is 1. The Morgan fingerprint density at radius 3 is 3.00 bits per heavy atom. The molecule has 3 nitrogen and oxygen atoms in total. The Morgan fingerprint density at radius 2 is 2.32 bits per heavy atom. The molecule has 1 aliphatic rings. The quantitative estimate of drug-likeness (QED) is 0.865. The fourth-order valence-electron chi connectivity index (χ4n) is 2.48. The highest BCUT2D eigenvalue weighted by Gasteiger charge is 2.38. The molecule has 0 spiro atoms. The van der Waals surface area contributed by atoms with E-state index in [9.17, 15) is 4.79 Å². The molecule has 19 heavy (non-hydrogen) atoms. The van der Waals surface area contributed by atoms with Gasteiger partial charge in [0.15, 0.2) is 0 Å². The van der Waals surface area contributed by atoms with Crippen molar-refractivity contribution in [2.24, 2.45) is 5.41 Å². The van der Waals surface area contributed by atoms with Crippen LogP contribution < -0.4 is 5.32 Å².